The molecule has 1 aromatic carbocycles. The van der Waals surface area contributed by atoms with Crippen molar-refractivity contribution in [3.8, 4) is 0 Å². The van der Waals surface area contributed by atoms with E-state index in [-0.39, 0.29) is 24.3 Å². The number of aryl methyl sites for hydroxylation is 1. The second kappa shape index (κ2) is 5.00. The van der Waals surface area contributed by atoms with Gasteiger partial charge in [-0.25, -0.2) is 4.39 Å². The summed E-state index contributed by atoms with van der Waals surface area (Å²) in [6.07, 6.45) is 1.64. The van der Waals surface area contributed by atoms with E-state index in [0.717, 1.165) is 11.1 Å². The number of nitrogens with two attached hydrogens (primary N) is 1. The Balaban J connectivity index is 0.00000144. The van der Waals surface area contributed by atoms with Gasteiger partial charge in [-0.3, -0.25) is 0 Å². The number of halogens is 2. The average Bonchev–Trinajstić information content (AvgIpc) is 2.03. The van der Waals surface area contributed by atoms with Gasteiger partial charge in [-0.15, -0.1) is 19.0 Å². The van der Waals surface area contributed by atoms with Crippen molar-refractivity contribution in [2.45, 2.75) is 13.0 Å². The fraction of sp³-hybridized carbons (Fsp3) is 0.200. The van der Waals surface area contributed by atoms with Gasteiger partial charge in [0.15, 0.2) is 0 Å². The van der Waals surface area contributed by atoms with Crippen LogP contribution in [0.2, 0.25) is 0 Å². The van der Waals surface area contributed by atoms with E-state index in [1.165, 1.54) is 12.1 Å². The summed E-state index contributed by atoms with van der Waals surface area (Å²) in [5.41, 5.74) is 7.49. The van der Waals surface area contributed by atoms with Gasteiger partial charge < -0.3 is 5.73 Å². The SMILES string of the molecule is C=C[C@@H](N)c1ccc(F)cc1C.Cl. The van der Waals surface area contributed by atoms with Crippen molar-refractivity contribution in [2.75, 3.05) is 0 Å². The van der Waals surface area contributed by atoms with E-state index >= 15 is 0 Å². The fourth-order valence-corrected chi connectivity index (χ4v) is 1.14. The third-order valence-electron chi connectivity index (χ3n) is 1.84. The van der Waals surface area contributed by atoms with Crippen molar-refractivity contribution in [2.24, 2.45) is 5.73 Å². The average molecular weight is 202 g/mol. The molecule has 0 amide bonds. The lowest BCUT2D eigenvalue weighted by atomic mass is 10.0. The van der Waals surface area contributed by atoms with Crippen molar-refractivity contribution in [3.63, 3.8) is 0 Å². The highest BCUT2D eigenvalue weighted by Gasteiger charge is 2.04. The predicted molar refractivity (Wildman–Crippen MR) is 55.5 cm³/mol. The van der Waals surface area contributed by atoms with Crippen LogP contribution in [0.4, 0.5) is 4.39 Å². The molecular weight excluding hydrogens is 189 g/mol. The molecule has 72 valence electrons. The zero-order valence-electron chi connectivity index (χ0n) is 7.46. The Kier molecular flexibility index (Phi) is 4.67. The molecule has 1 rings (SSSR count). The highest BCUT2D eigenvalue weighted by Crippen LogP contribution is 2.16. The minimum absolute atomic E-state index is 0. The summed E-state index contributed by atoms with van der Waals surface area (Å²) in [6.45, 7) is 5.42. The van der Waals surface area contributed by atoms with E-state index in [4.69, 9.17) is 5.73 Å². The van der Waals surface area contributed by atoms with Crippen molar-refractivity contribution >= 4 is 12.4 Å². The summed E-state index contributed by atoms with van der Waals surface area (Å²) in [5.74, 6) is -0.229. The maximum Gasteiger partial charge on any atom is 0.123 e. The third kappa shape index (κ3) is 2.83. The van der Waals surface area contributed by atoms with Gasteiger partial charge in [0.25, 0.3) is 0 Å². The Morgan fingerprint density at radius 2 is 2.15 bits per heavy atom. The molecule has 0 saturated heterocycles. The summed E-state index contributed by atoms with van der Waals surface area (Å²) < 4.78 is 12.6. The van der Waals surface area contributed by atoms with Crippen LogP contribution in [0.5, 0.6) is 0 Å². The van der Waals surface area contributed by atoms with E-state index in [9.17, 15) is 4.39 Å². The normalized spacial score (nSPS) is 11.6. The molecule has 2 N–H and O–H groups in total. The number of hydrogen-bond donors (Lipinski definition) is 1. The molecule has 0 radical (unpaired) electrons. The summed E-state index contributed by atoms with van der Waals surface area (Å²) in [4.78, 5) is 0. The molecule has 0 aliphatic rings. The molecule has 3 heteroatoms. The molecular formula is C10H13ClFN. The lowest BCUT2D eigenvalue weighted by molar-refractivity contribution is 0.625. The number of rotatable bonds is 2. The summed E-state index contributed by atoms with van der Waals surface area (Å²) in [6, 6.07) is 4.37. The fourth-order valence-electron chi connectivity index (χ4n) is 1.14. The molecule has 0 bridgehead atoms. The quantitative estimate of drug-likeness (QED) is 0.732. The van der Waals surface area contributed by atoms with Crippen LogP contribution in [0.3, 0.4) is 0 Å². The monoisotopic (exact) mass is 201 g/mol. The molecule has 1 nitrogen and oxygen atoms in total. The van der Waals surface area contributed by atoms with Crippen LogP contribution < -0.4 is 5.73 Å². The molecule has 0 unspecified atom stereocenters. The van der Waals surface area contributed by atoms with Gasteiger partial charge in [0.05, 0.1) is 0 Å². The van der Waals surface area contributed by atoms with Gasteiger partial charge in [-0.1, -0.05) is 12.1 Å². The van der Waals surface area contributed by atoms with E-state index in [1.54, 1.807) is 12.1 Å². The van der Waals surface area contributed by atoms with Gasteiger partial charge in [0.2, 0.25) is 0 Å². The first-order valence-corrected chi connectivity index (χ1v) is 3.79. The zero-order valence-corrected chi connectivity index (χ0v) is 8.27. The summed E-state index contributed by atoms with van der Waals surface area (Å²) in [5, 5.41) is 0. The Hall–Kier alpha value is -0.860. The van der Waals surface area contributed by atoms with Crippen LogP contribution in [0.15, 0.2) is 30.9 Å². The number of benzene rings is 1. The van der Waals surface area contributed by atoms with Crippen molar-refractivity contribution in [3.05, 3.63) is 47.8 Å². The minimum atomic E-state index is -0.229. The predicted octanol–water partition coefficient (Wildman–Crippen LogP) is 2.74. The molecule has 0 spiro atoms. The molecule has 1 aromatic rings. The lowest BCUT2D eigenvalue weighted by Crippen LogP contribution is -2.08. The highest BCUT2D eigenvalue weighted by atomic mass is 35.5. The van der Waals surface area contributed by atoms with Crippen molar-refractivity contribution in [1.82, 2.24) is 0 Å². The topological polar surface area (TPSA) is 26.0 Å². The van der Waals surface area contributed by atoms with E-state index < -0.39 is 0 Å². The molecule has 0 aliphatic heterocycles. The second-order valence-corrected chi connectivity index (χ2v) is 2.76. The smallest absolute Gasteiger partial charge is 0.123 e. The van der Waals surface area contributed by atoms with E-state index in [2.05, 4.69) is 6.58 Å². The van der Waals surface area contributed by atoms with E-state index in [0.29, 0.717) is 0 Å². The number of hydrogen-bond acceptors (Lipinski definition) is 1. The summed E-state index contributed by atoms with van der Waals surface area (Å²) in [7, 11) is 0. The molecule has 0 aromatic heterocycles. The van der Waals surface area contributed by atoms with Crippen LogP contribution in [0.1, 0.15) is 17.2 Å². The van der Waals surface area contributed by atoms with Crippen molar-refractivity contribution in [1.29, 1.82) is 0 Å². The van der Waals surface area contributed by atoms with Crippen LogP contribution >= 0.6 is 12.4 Å². The third-order valence-corrected chi connectivity index (χ3v) is 1.84. The Bertz CT molecular complexity index is 299. The highest BCUT2D eigenvalue weighted by molar-refractivity contribution is 5.85. The largest absolute Gasteiger partial charge is 0.321 e. The molecule has 0 fully saturated rings. The minimum Gasteiger partial charge on any atom is -0.321 e. The molecule has 1 atom stereocenters. The maximum absolute atomic E-state index is 12.6. The second-order valence-electron chi connectivity index (χ2n) is 2.76. The summed E-state index contributed by atoms with van der Waals surface area (Å²) >= 11 is 0. The first kappa shape index (κ1) is 12.1. The lowest BCUT2D eigenvalue weighted by Gasteiger charge is -2.09. The molecule has 0 heterocycles. The Morgan fingerprint density at radius 3 is 2.62 bits per heavy atom. The molecule has 0 saturated carbocycles. The first-order chi connectivity index (χ1) is 5.65. The van der Waals surface area contributed by atoms with Gasteiger partial charge >= 0.3 is 0 Å². The zero-order chi connectivity index (χ0) is 9.14. The standard InChI is InChI=1S/C10H12FN.ClH/c1-3-10(12)9-5-4-8(11)6-7(9)2;/h3-6,10H,1,12H2,2H3;1H/t10-;/m1./s1. The van der Waals surface area contributed by atoms with Crippen molar-refractivity contribution < 1.29 is 4.39 Å². The molecule has 13 heavy (non-hydrogen) atoms. The van der Waals surface area contributed by atoms with E-state index in [1.807, 2.05) is 6.92 Å². The Morgan fingerprint density at radius 1 is 1.54 bits per heavy atom. The van der Waals surface area contributed by atoms with Crippen LogP contribution in [-0.2, 0) is 0 Å². The maximum atomic E-state index is 12.6. The van der Waals surface area contributed by atoms with Gasteiger partial charge in [0.1, 0.15) is 5.82 Å². The van der Waals surface area contributed by atoms with Crippen LogP contribution in [0.25, 0.3) is 0 Å². The Labute approximate surface area is 83.9 Å². The van der Waals surface area contributed by atoms with Crippen LogP contribution in [0, 0.1) is 12.7 Å². The van der Waals surface area contributed by atoms with Gasteiger partial charge in [-0.05, 0) is 30.2 Å². The molecule has 0 aliphatic carbocycles. The first-order valence-electron chi connectivity index (χ1n) is 3.79. The van der Waals surface area contributed by atoms with Gasteiger partial charge in [-0.2, -0.15) is 0 Å². The van der Waals surface area contributed by atoms with Gasteiger partial charge in [0, 0.05) is 6.04 Å². The van der Waals surface area contributed by atoms with Crippen LogP contribution in [-0.4, -0.2) is 0 Å².